The Kier molecular flexibility index (Phi) is 6.70. The summed E-state index contributed by atoms with van der Waals surface area (Å²) < 4.78 is 13.3. The minimum absolute atomic E-state index is 0.111. The summed E-state index contributed by atoms with van der Waals surface area (Å²) in [6.45, 7) is 3.29. The minimum atomic E-state index is -0.382. The van der Waals surface area contributed by atoms with Crippen molar-refractivity contribution >= 4 is 5.69 Å². The lowest BCUT2D eigenvalue weighted by atomic mass is 9.90. The molecular weight excluding hydrogens is 393 g/mol. The van der Waals surface area contributed by atoms with Crippen molar-refractivity contribution in [3.8, 4) is 0 Å². The quantitative estimate of drug-likeness (QED) is 0.332. The Balaban J connectivity index is 1.36. The highest BCUT2D eigenvalue weighted by Gasteiger charge is 2.25. The maximum absolute atomic E-state index is 13.3. The lowest BCUT2D eigenvalue weighted by molar-refractivity contribution is -0.384. The van der Waals surface area contributed by atoms with Crippen LogP contribution in [0.25, 0.3) is 0 Å². The summed E-state index contributed by atoms with van der Waals surface area (Å²) in [5.41, 5.74) is 5.05. The standard InChI is InChI=1S/C25H26FN3O2/c26-23-9-5-19(6-10-23)15-25-16-21-3-1-2-4-22(21)18-28(25)14-13-27-17-20-7-11-24(12-8-20)29(30)31/h1-12,25,27H,13-18H2. The van der Waals surface area contributed by atoms with Crippen molar-refractivity contribution in [1.82, 2.24) is 10.2 Å². The van der Waals surface area contributed by atoms with Crippen LogP contribution in [0.4, 0.5) is 10.1 Å². The van der Waals surface area contributed by atoms with Gasteiger partial charge in [-0.25, -0.2) is 4.39 Å². The van der Waals surface area contributed by atoms with Gasteiger partial charge in [-0.3, -0.25) is 15.0 Å². The maximum atomic E-state index is 13.3. The third-order valence-corrected chi connectivity index (χ3v) is 5.90. The first-order valence-electron chi connectivity index (χ1n) is 10.6. The summed E-state index contributed by atoms with van der Waals surface area (Å²) in [5.74, 6) is -0.204. The van der Waals surface area contributed by atoms with Crippen LogP contribution < -0.4 is 5.32 Å². The molecule has 1 unspecified atom stereocenters. The van der Waals surface area contributed by atoms with Crippen molar-refractivity contribution in [3.05, 3.63) is 111 Å². The van der Waals surface area contributed by atoms with Crippen LogP contribution in [0.15, 0.2) is 72.8 Å². The van der Waals surface area contributed by atoms with Crippen LogP contribution in [0.1, 0.15) is 22.3 Å². The molecule has 1 heterocycles. The Morgan fingerprint density at radius 1 is 0.968 bits per heavy atom. The number of rotatable bonds is 8. The molecule has 1 N–H and O–H groups in total. The van der Waals surface area contributed by atoms with Gasteiger partial charge in [-0.1, -0.05) is 48.5 Å². The van der Waals surface area contributed by atoms with Gasteiger partial charge in [0.1, 0.15) is 5.82 Å². The predicted octanol–water partition coefficient (Wildman–Crippen LogP) is 4.49. The number of fused-ring (bicyclic) bond motifs is 1. The molecule has 1 aliphatic heterocycles. The smallest absolute Gasteiger partial charge is 0.269 e. The van der Waals surface area contributed by atoms with Crippen LogP contribution in [0, 0.1) is 15.9 Å². The zero-order chi connectivity index (χ0) is 21.6. The van der Waals surface area contributed by atoms with Crippen molar-refractivity contribution in [2.45, 2.75) is 32.0 Å². The zero-order valence-electron chi connectivity index (χ0n) is 17.3. The summed E-state index contributed by atoms with van der Waals surface area (Å²) in [4.78, 5) is 12.9. The number of nitrogens with zero attached hydrogens (tertiary/aromatic N) is 2. The highest BCUT2D eigenvalue weighted by molar-refractivity contribution is 5.33. The molecule has 1 aliphatic rings. The molecule has 0 aliphatic carbocycles. The predicted molar refractivity (Wildman–Crippen MR) is 119 cm³/mol. The van der Waals surface area contributed by atoms with Crippen molar-refractivity contribution < 1.29 is 9.31 Å². The molecule has 160 valence electrons. The van der Waals surface area contributed by atoms with Gasteiger partial charge in [-0.2, -0.15) is 0 Å². The molecular formula is C25H26FN3O2. The third kappa shape index (κ3) is 5.54. The summed E-state index contributed by atoms with van der Waals surface area (Å²) in [5, 5.41) is 14.2. The highest BCUT2D eigenvalue weighted by atomic mass is 19.1. The van der Waals surface area contributed by atoms with Crippen molar-refractivity contribution in [2.75, 3.05) is 13.1 Å². The fraction of sp³-hybridized carbons (Fsp3) is 0.280. The lowest BCUT2D eigenvalue weighted by Gasteiger charge is -2.37. The molecule has 0 spiro atoms. The second kappa shape index (κ2) is 9.81. The number of nitrogens with one attached hydrogen (secondary N) is 1. The summed E-state index contributed by atoms with van der Waals surface area (Å²) >= 11 is 0. The molecule has 0 saturated carbocycles. The zero-order valence-corrected chi connectivity index (χ0v) is 17.3. The van der Waals surface area contributed by atoms with Gasteiger partial charge in [0.25, 0.3) is 5.69 Å². The number of hydrogen-bond donors (Lipinski definition) is 1. The molecule has 0 aromatic heterocycles. The molecule has 3 aromatic rings. The van der Waals surface area contributed by atoms with Gasteiger partial charge >= 0.3 is 0 Å². The number of nitro benzene ring substituents is 1. The molecule has 0 fully saturated rings. The van der Waals surface area contributed by atoms with Crippen LogP contribution >= 0.6 is 0 Å². The maximum Gasteiger partial charge on any atom is 0.269 e. The fourth-order valence-electron chi connectivity index (χ4n) is 4.19. The Bertz CT molecular complexity index is 1020. The Hall–Kier alpha value is -3.09. The van der Waals surface area contributed by atoms with Crippen LogP contribution in [-0.4, -0.2) is 29.0 Å². The fourth-order valence-corrected chi connectivity index (χ4v) is 4.19. The number of non-ortho nitro benzene ring substituents is 1. The molecule has 31 heavy (non-hydrogen) atoms. The van der Waals surface area contributed by atoms with Gasteiger partial charge in [-0.05, 0) is 47.2 Å². The summed E-state index contributed by atoms with van der Waals surface area (Å²) in [6, 6.07) is 22.4. The SMILES string of the molecule is O=[N+]([O-])c1ccc(CNCCN2Cc3ccccc3CC2Cc2ccc(F)cc2)cc1. The monoisotopic (exact) mass is 419 g/mol. The number of hydrogen-bond acceptors (Lipinski definition) is 4. The first-order chi connectivity index (χ1) is 15.1. The minimum Gasteiger partial charge on any atom is -0.311 e. The molecule has 3 aromatic carbocycles. The molecule has 1 atom stereocenters. The van der Waals surface area contributed by atoms with E-state index in [4.69, 9.17) is 0 Å². The molecule has 0 saturated heterocycles. The van der Waals surface area contributed by atoms with E-state index in [-0.39, 0.29) is 16.4 Å². The van der Waals surface area contributed by atoms with Gasteiger partial charge in [0.2, 0.25) is 0 Å². The number of halogens is 1. The van der Waals surface area contributed by atoms with Crippen molar-refractivity contribution in [2.24, 2.45) is 0 Å². The Morgan fingerprint density at radius 2 is 1.65 bits per heavy atom. The van der Waals surface area contributed by atoms with E-state index in [1.807, 2.05) is 12.1 Å². The van der Waals surface area contributed by atoms with Crippen LogP contribution in [0.2, 0.25) is 0 Å². The van der Waals surface area contributed by atoms with Gasteiger partial charge in [0.05, 0.1) is 4.92 Å². The Morgan fingerprint density at radius 3 is 2.35 bits per heavy atom. The largest absolute Gasteiger partial charge is 0.311 e. The van der Waals surface area contributed by atoms with Crippen LogP contribution in [0.3, 0.4) is 0 Å². The average molecular weight is 420 g/mol. The van der Waals surface area contributed by atoms with E-state index in [0.29, 0.717) is 12.6 Å². The van der Waals surface area contributed by atoms with Crippen molar-refractivity contribution in [1.29, 1.82) is 0 Å². The summed E-state index contributed by atoms with van der Waals surface area (Å²) in [7, 11) is 0. The highest BCUT2D eigenvalue weighted by Crippen LogP contribution is 2.25. The van der Waals surface area contributed by atoms with Gasteiger partial charge in [0, 0.05) is 44.4 Å². The second-order valence-corrected chi connectivity index (χ2v) is 8.03. The Labute approximate surface area is 181 Å². The molecule has 0 radical (unpaired) electrons. The average Bonchev–Trinajstić information content (AvgIpc) is 2.78. The van der Waals surface area contributed by atoms with Crippen LogP contribution in [0.5, 0.6) is 0 Å². The number of benzene rings is 3. The van der Waals surface area contributed by atoms with Crippen molar-refractivity contribution in [3.63, 3.8) is 0 Å². The normalized spacial score (nSPS) is 16.1. The van der Waals surface area contributed by atoms with E-state index in [2.05, 4.69) is 34.5 Å². The van der Waals surface area contributed by atoms with Gasteiger partial charge < -0.3 is 5.32 Å². The molecule has 6 heteroatoms. The van der Waals surface area contributed by atoms with Gasteiger partial charge in [0.15, 0.2) is 0 Å². The van der Waals surface area contributed by atoms with E-state index in [9.17, 15) is 14.5 Å². The second-order valence-electron chi connectivity index (χ2n) is 8.03. The topological polar surface area (TPSA) is 58.4 Å². The van der Waals surface area contributed by atoms with Gasteiger partial charge in [-0.15, -0.1) is 0 Å². The van der Waals surface area contributed by atoms with E-state index in [0.717, 1.165) is 43.6 Å². The van der Waals surface area contributed by atoms with Crippen LogP contribution in [-0.2, 0) is 25.9 Å². The molecule has 4 rings (SSSR count). The number of nitro groups is 1. The summed E-state index contributed by atoms with van der Waals surface area (Å²) in [6.07, 6.45) is 1.87. The van der Waals surface area contributed by atoms with E-state index >= 15 is 0 Å². The lowest BCUT2D eigenvalue weighted by Crippen LogP contribution is -2.44. The molecule has 5 nitrogen and oxygen atoms in total. The third-order valence-electron chi connectivity index (χ3n) is 5.90. The van der Waals surface area contributed by atoms with E-state index in [1.165, 1.54) is 35.4 Å². The first-order valence-corrected chi connectivity index (χ1v) is 10.6. The molecule has 0 amide bonds. The van der Waals surface area contributed by atoms with E-state index < -0.39 is 0 Å². The van der Waals surface area contributed by atoms with E-state index in [1.54, 1.807) is 12.1 Å². The first kappa shape index (κ1) is 21.2. The molecule has 0 bridgehead atoms.